The molecular formula is C16H18ClN3O. The number of amides is 1. The van der Waals surface area contributed by atoms with E-state index in [-0.39, 0.29) is 5.91 Å². The molecule has 1 aromatic rings. The topological polar surface area (TPSA) is 56.1 Å². The third-order valence-corrected chi connectivity index (χ3v) is 5.09. The molecule has 1 N–H and O–H groups in total. The van der Waals surface area contributed by atoms with E-state index in [1.165, 1.54) is 0 Å². The summed E-state index contributed by atoms with van der Waals surface area (Å²) >= 11 is 6.22. The second-order valence-electron chi connectivity index (χ2n) is 6.16. The zero-order valence-electron chi connectivity index (χ0n) is 12.2. The van der Waals surface area contributed by atoms with Gasteiger partial charge in [-0.25, -0.2) is 0 Å². The van der Waals surface area contributed by atoms with Gasteiger partial charge < -0.3 is 10.2 Å². The van der Waals surface area contributed by atoms with Crippen molar-refractivity contribution in [2.45, 2.75) is 38.1 Å². The molecule has 1 fully saturated rings. The Balaban J connectivity index is 2.02. The van der Waals surface area contributed by atoms with Crippen molar-refractivity contribution in [1.29, 1.82) is 5.26 Å². The van der Waals surface area contributed by atoms with Crippen LogP contribution in [0.2, 0.25) is 5.02 Å². The van der Waals surface area contributed by atoms with Crippen LogP contribution in [0.4, 0.5) is 5.69 Å². The molecule has 0 radical (unpaired) electrons. The first kappa shape index (κ1) is 14.4. The number of rotatable bonds is 1. The highest BCUT2D eigenvalue weighted by atomic mass is 35.5. The van der Waals surface area contributed by atoms with Crippen molar-refractivity contribution in [2.75, 3.05) is 18.4 Å². The molecule has 2 heterocycles. The maximum atomic E-state index is 12.6. The number of nitrogens with zero attached hydrogens (tertiary/aromatic N) is 2. The third kappa shape index (κ3) is 2.12. The molecule has 2 aliphatic heterocycles. The van der Waals surface area contributed by atoms with Crippen molar-refractivity contribution in [2.24, 2.45) is 0 Å². The second kappa shape index (κ2) is 5.01. The SMILES string of the molecule is CC(C)N1CCC2(CC1)C(=O)Nc1c(Cl)cc(C#N)cc12. The Morgan fingerprint density at radius 1 is 1.38 bits per heavy atom. The number of fused-ring (bicyclic) bond motifs is 2. The van der Waals surface area contributed by atoms with Crippen LogP contribution < -0.4 is 5.32 Å². The van der Waals surface area contributed by atoms with Crippen molar-refractivity contribution in [3.63, 3.8) is 0 Å². The van der Waals surface area contributed by atoms with Crippen molar-refractivity contribution < 1.29 is 4.79 Å². The van der Waals surface area contributed by atoms with E-state index in [1.807, 2.05) is 6.07 Å². The lowest BCUT2D eigenvalue weighted by Gasteiger charge is -2.39. The predicted octanol–water partition coefficient (Wildman–Crippen LogP) is 2.91. The monoisotopic (exact) mass is 303 g/mol. The van der Waals surface area contributed by atoms with Gasteiger partial charge in [-0.3, -0.25) is 4.79 Å². The maximum Gasteiger partial charge on any atom is 0.235 e. The van der Waals surface area contributed by atoms with Crippen LogP contribution >= 0.6 is 11.6 Å². The van der Waals surface area contributed by atoms with Crippen LogP contribution in [0.1, 0.15) is 37.8 Å². The smallest absolute Gasteiger partial charge is 0.235 e. The number of halogens is 1. The molecular weight excluding hydrogens is 286 g/mol. The second-order valence-corrected chi connectivity index (χ2v) is 6.57. The van der Waals surface area contributed by atoms with E-state index in [2.05, 4.69) is 30.1 Å². The summed E-state index contributed by atoms with van der Waals surface area (Å²) in [5, 5.41) is 12.5. The number of hydrogen-bond acceptors (Lipinski definition) is 3. The molecule has 21 heavy (non-hydrogen) atoms. The van der Waals surface area contributed by atoms with Crippen LogP contribution in [0, 0.1) is 11.3 Å². The lowest BCUT2D eigenvalue weighted by atomic mass is 9.73. The van der Waals surface area contributed by atoms with Gasteiger partial charge in [-0.2, -0.15) is 5.26 Å². The maximum absolute atomic E-state index is 12.6. The average Bonchev–Trinajstić information content (AvgIpc) is 2.73. The first-order valence-corrected chi connectivity index (χ1v) is 7.65. The summed E-state index contributed by atoms with van der Waals surface area (Å²) in [6, 6.07) is 6.05. The number of carbonyl (C=O) groups excluding carboxylic acids is 1. The fraction of sp³-hybridized carbons (Fsp3) is 0.500. The lowest BCUT2D eigenvalue weighted by molar-refractivity contribution is -0.122. The summed E-state index contributed by atoms with van der Waals surface area (Å²) in [5.74, 6) is 0.0258. The molecule has 0 aromatic heterocycles. The highest BCUT2D eigenvalue weighted by molar-refractivity contribution is 6.35. The normalized spacial score (nSPS) is 20.4. The molecule has 2 aliphatic rings. The molecule has 110 valence electrons. The van der Waals surface area contributed by atoms with Crippen LogP contribution in [0.5, 0.6) is 0 Å². The highest BCUT2D eigenvalue weighted by Gasteiger charge is 2.49. The summed E-state index contributed by atoms with van der Waals surface area (Å²) in [5.41, 5.74) is 1.59. The molecule has 1 saturated heterocycles. The van der Waals surface area contributed by atoms with Crippen LogP contribution in [0.25, 0.3) is 0 Å². The number of hydrogen-bond donors (Lipinski definition) is 1. The minimum absolute atomic E-state index is 0.0258. The zero-order valence-corrected chi connectivity index (χ0v) is 13.0. The molecule has 0 bridgehead atoms. The number of carbonyl (C=O) groups is 1. The first-order valence-electron chi connectivity index (χ1n) is 7.27. The number of nitriles is 1. The zero-order chi connectivity index (χ0) is 15.2. The van der Waals surface area contributed by atoms with E-state index < -0.39 is 5.41 Å². The van der Waals surface area contributed by atoms with Gasteiger partial charge >= 0.3 is 0 Å². The Bertz CT molecular complexity index is 640. The van der Waals surface area contributed by atoms with Gasteiger partial charge in [0.15, 0.2) is 0 Å². The largest absolute Gasteiger partial charge is 0.324 e. The summed E-state index contributed by atoms with van der Waals surface area (Å²) in [4.78, 5) is 14.9. The van der Waals surface area contributed by atoms with Crippen LogP contribution in [-0.2, 0) is 10.2 Å². The van der Waals surface area contributed by atoms with Crippen LogP contribution in [0.15, 0.2) is 12.1 Å². The predicted molar refractivity (Wildman–Crippen MR) is 82.4 cm³/mol. The summed E-state index contributed by atoms with van der Waals surface area (Å²) in [7, 11) is 0. The van der Waals surface area contributed by atoms with Crippen molar-refractivity contribution in [1.82, 2.24) is 4.90 Å². The molecule has 0 aliphatic carbocycles. The molecule has 1 amide bonds. The Morgan fingerprint density at radius 3 is 2.62 bits per heavy atom. The lowest BCUT2D eigenvalue weighted by Crippen LogP contribution is -2.48. The van der Waals surface area contributed by atoms with E-state index >= 15 is 0 Å². The minimum atomic E-state index is -0.517. The van der Waals surface area contributed by atoms with Gasteiger partial charge in [-0.05, 0) is 57.5 Å². The van der Waals surface area contributed by atoms with E-state index in [0.29, 0.717) is 22.3 Å². The van der Waals surface area contributed by atoms with E-state index in [9.17, 15) is 4.79 Å². The molecule has 4 nitrogen and oxygen atoms in total. The minimum Gasteiger partial charge on any atom is -0.324 e. The van der Waals surface area contributed by atoms with Gasteiger partial charge in [0, 0.05) is 6.04 Å². The van der Waals surface area contributed by atoms with E-state index in [0.717, 1.165) is 31.5 Å². The Morgan fingerprint density at radius 2 is 2.05 bits per heavy atom. The van der Waals surface area contributed by atoms with Gasteiger partial charge in [0.2, 0.25) is 5.91 Å². The number of piperidine rings is 1. The first-order chi connectivity index (χ1) is 9.98. The number of anilines is 1. The fourth-order valence-electron chi connectivity index (χ4n) is 3.45. The third-order valence-electron chi connectivity index (χ3n) is 4.79. The van der Waals surface area contributed by atoms with Crippen LogP contribution in [-0.4, -0.2) is 29.9 Å². The summed E-state index contributed by atoms with van der Waals surface area (Å²) < 4.78 is 0. The van der Waals surface area contributed by atoms with Gasteiger partial charge in [-0.1, -0.05) is 11.6 Å². The number of likely N-dealkylation sites (tertiary alicyclic amines) is 1. The molecule has 3 rings (SSSR count). The number of nitrogens with one attached hydrogen (secondary N) is 1. The highest BCUT2D eigenvalue weighted by Crippen LogP contribution is 2.48. The van der Waals surface area contributed by atoms with Crippen LogP contribution in [0.3, 0.4) is 0 Å². The van der Waals surface area contributed by atoms with Gasteiger partial charge in [0.05, 0.1) is 27.8 Å². The number of benzene rings is 1. The quantitative estimate of drug-likeness (QED) is 0.868. The Labute approximate surface area is 129 Å². The molecule has 0 unspecified atom stereocenters. The molecule has 1 aromatic carbocycles. The van der Waals surface area contributed by atoms with Crippen molar-refractivity contribution in [3.8, 4) is 6.07 Å². The summed E-state index contributed by atoms with van der Waals surface area (Å²) in [6.07, 6.45) is 1.55. The molecule has 5 heteroatoms. The van der Waals surface area contributed by atoms with Crippen molar-refractivity contribution >= 4 is 23.2 Å². The fourth-order valence-corrected chi connectivity index (χ4v) is 3.72. The van der Waals surface area contributed by atoms with Gasteiger partial charge in [-0.15, -0.1) is 0 Å². The van der Waals surface area contributed by atoms with Gasteiger partial charge in [0.1, 0.15) is 0 Å². The average molecular weight is 304 g/mol. The Kier molecular flexibility index (Phi) is 3.43. The standard InChI is InChI=1S/C16H18ClN3O/c1-10(2)20-5-3-16(4-6-20)12-7-11(9-18)8-13(17)14(12)19-15(16)21/h7-8,10H,3-6H2,1-2H3,(H,19,21). The molecule has 0 atom stereocenters. The summed E-state index contributed by atoms with van der Waals surface area (Å²) in [6.45, 7) is 6.12. The van der Waals surface area contributed by atoms with Gasteiger partial charge in [0.25, 0.3) is 0 Å². The Hall–Kier alpha value is -1.57. The van der Waals surface area contributed by atoms with E-state index in [4.69, 9.17) is 16.9 Å². The van der Waals surface area contributed by atoms with E-state index in [1.54, 1.807) is 6.07 Å². The van der Waals surface area contributed by atoms with Crippen molar-refractivity contribution in [3.05, 3.63) is 28.3 Å². The molecule has 1 spiro atoms. The molecule has 0 saturated carbocycles.